The molecule has 0 heterocycles. The van der Waals surface area contributed by atoms with E-state index in [1.54, 1.807) is 0 Å². The number of benzene rings is 1. The molecule has 0 saturated carbocycles. The van der Waals surface area contributed by atoms with Gasteiger partial charge < -0.3 is 10.4 Å². The first kappa shape index (κ1) is 16.3. The zero-order valence-corrected chi connectivity index (χ0v) is 13.9. The zero-order valence-electron chi connectivity index (χ0n) is 13.9. The van der Waals surface area contributed by atoms with Gasteiger partial charge in [-0.05, 0) is 70.2 Å². The van der Waals surface area contributed by atoms with Crippen LogP contribution >= 0.6 is 0 Å². The highest BCUT2D eigenvalue weighted by Crippen LogP contribution is 2.31. The van der Waals surface area contributed by atoms with Crippen LogP contribution in [-0.4, -0.2) is 35.2 Å². The summed E-state index contributed by atoms with van der Waals surface area (Å²) in [6, 6.07) is 7.44. The van der Waals surface area contributed by atoms with Gasteiger partial charge in [0.15, 0.2) is 0 Å². The number of nitrogens with one attached hydrogen (secondary N) is 1. The van der Waals surface area contributed by atoms with Gasteiger partial charge >= 0.3 is 0 Å². The van der Waals surface area contributed by atoms with Crippen molar-refractivity contribution in [3.8, 4) is 5.75 Å². The van der Waals surface area contributed by atoms with Crippen LogP contribution in [0.5, 0.6) is 5.75 Å². The van der Waals surface area contributed by atoms with Crippen molar-refractivity contribution in [3.05, 3.63) is 29.3 Å². The van der Waals surface area contributed by atoms with Crippen LogP contribution in [0.25, 0.3) is 0 Å². The molecule has 1 aliphatic carbocycles. The van der Waals surface area contributed by atoms with Crippen LogP contribution < -0.4 is 5.32 Å². The molecule has 2 N–H and O–H groups in total. The fourth-order valence-electron chi connectivity index (χ4n) is 3.49. The van der Waals surface area contributed by atoms with E-state index in [0.717, 1.165) is 19.5 Å². The normalized spacial score (nSPS) is 18.5. The van der Waals surface area contributed by atoms with Crippen molar-refractivity contribution in [2.75, 3.05) is 13.1 Å². The molecule has 118 valence electrons. The van der Waals surface area contributed by atoms with E-state index >= 15 is 0 Å². The van der Waals surface area contributed by atoms with E-state index in [9.17, 15) is 5.11 Å². The Kier molecular flexibility index (Phi) is 5.65. The molecular formula is C18H30N2O. The van der Waals surface area contributed by atoms with Crippen LogP contribution in [0.1, 0.15) is 57.7 Å². The fraction of sp³-hybridized carbons (Fsp3) is 0.667. The molecule has 0 spiro atoms. The van der Waals surface area contributed by atoms with Gasteiger partial charge in [-0.25, -0.2) is 0 Å². The SMILES string of the molecule is CC(C)N(CCNC1CCCc2cc(O)ccc21)C(C)C. The molecule has 1 aromatic carbocycles. The van der Waals surface area contributed by atoms with Crippen molar-refractivity contribution in [2.24, 2.45) is 0 Å². The van der Waals surface area contributed by atoms with E-state index in [1.807, 2.05) is 12.1 Å². The molecule has 2 rings (SSSR count). The lowest BCUT2D eigenvalue weighted by Gasteiger charge is -2.32. The maximum atomic E-state index is 9.62. The van der Waals surface area contributed by atoms with E-state index in [1.165, 1.54) is 24.0 Å². The van der Waals surface area contributed by atoms with E-state index in [4.69, 9.17) is 0 Å². The average Bonchev–Trinajstić information content (AvgIpc) is 2.42. The molecule has 0 amide bonds. The topological polar surface area (TPSA) is 35.5 Å². The minimum absolute atomic E-state index is 0.389. The summed E-state index contributed by atoms with van der Waals surface area (Å²) in [7, 11) is 0. The molecule has 0 fully saturated rings. The number of hydrogen-bond donors (Lipinski definition) is 2. The third-order valence-corrected chi connectivity index (χ3v) is 4.53. The zero-order chi connectivity index (χ0) is 15.4. The molecule has 21 heavy (non-hydrogen) atoms. The van der Waals surface area contributed by atoms with Gasteiger partial charge in [0.2, 0.25) is 0 Å². The van der Waals surface area contributed by atoms with E-state index in [2.05, 4.69) is 44.0 Å². The molecule has 1 unspecified atom stereocenters. The summed E-state index contributed by atoms with van der Waals surface area (Å²) >= 11 is 0. The lowest BCUT2D eigenvalue weighted by Crippen LogP contribution is -2.42. The van der Waals surface area contributed by atoms with Crippen molar-refractivity contribution in [2.45, 2.75) is 65.1 Å². The predicted molar refractivity (Wildman–Crippen MR) is 88.8 cm³/mol. The maximum absolute atomic E-state index is 9.62. The summed E-state index contributed by atoms with van der Waals surface area (Å²) in [5.74, 6) is 0.389. The summed E-state index contributed by atoms with van der Waals surface area (Å²) < 4.78 is 0. The number of fused-ring (bicyclic) bond motifs is 1. The second-order valence-electron chi connectivity index (χ2n) is 6.71. The molecule has 1 atom stereocenters. The second kappa shape index (κ2) is 7.28. The van der Waals surface area contributed by atoms with Crippen molar-refractivity contribution in [1.29, 1.82) is 0 Å². The van der Waals surface area contributed by atoms with E-state index < -0.39 is 0 Å². The third-order valence-electron chi connectivity index (χ3n) is 4.53. The molecule has 0 saturated heterocycles. The highest BCUT2D eigenvalue weighted by Gasteiger charge is 2.20. The number of phenolic OH excluding ortho intramolecular Hbond substituents is 1. The molecule has 3 heteroatoms. The largest absolute Gasteiger partial charge is 0.508 e. The molecule has 0 aromatic heterocycles. The van der Waals surface area contributed by atoms with Gasteiger partial charge in [-0.1, -0.05) is 6.07 Å². The van der Waals surface area contributed by atoms with Crippen molar-refractivity contribution in [1.82, 2.24) is 10.2 Å². The number of hydrogen-bond acceptors (Lipinski definition) is 3. The van der Waals surface area contributed by atoms with Crippen LogP contribution in [0.2, 0.25) is 0 Å². The highest BCUT2D eigenvalue weighted by molar-refractivity contribution is 5.38. The quantitative estimate of drug-likeness (QED) is 0.842. The lowest BCUT2D eigenvalue weighted by atomic mass is 9.87. The number of aryl methyl sites for hydroxylation is 1. The van der Waals surface area contributed by atoms with Crippen LogP contribution in [0.4, 0.5) is 0 Å². The minimum atomic E-state index is 0.389. The smallest absolute Gasteiger partial charge is 0.115 e. The molecule has 3 nitrogen and oxygen atoms in total. The molecule has 0 radical (unpaired) electrons. The number of nitrogens with zero attached hydrogens (tertiary/aromatic N) is 1. The van der Waals surface area contributed by atoms with Crippen molar-refractivity contribution >= 4 is 0 Å². The monoisotopic (exact) mass is 290 g/mol. The van der Waals surface area contributed by atoms with Gasteiger partial charge in [-0.3, -0.25) is 4.90 Å². The van der Waals surface area contributed by atoms with Crippen molar-refractivity contribution in [3.63, 3.8) is 0 Å². The van der Waals surface area contributed by atoms with Gasteiger partial charge in [0.25, 0.3) is 0 Å². The number of aromatic hydroxyl groups is 1. The van der Waals surface area contributed by atoms with Gasteiger partial charge in [-0.15, -0.1) is 0 Å². The summed E-state index contributed by atoms with van der Waals surface area (Å²) in [6.45, 7) is 11.1. The van der Waals surface area contributed by atoms with Crippen LogP contribution in [0, 0.1) is 0 Å². The van der Waals surface area contributed by atoms with E-state index in [-0.39, 0.29) is 0 Å². The Labute approximate surface area is 129 Å². The van der Waals surface area contributed by atoms with Gasteiger partial charge in [0, 0.05) is 31.2 Å². The fourth-order valence-corrected chi connectivity index (χ4v) is 3.49. The summed E-state index contributed by atoms with van der Waals surface area (Å²) in [5.41, 5.74) is 2.68. The Morgan fingerprint density at radius 3 is 2.62 bits per heavy atom. The maximum Gasteiger partial charge on any atom is 0.115 e. The molecule has 1 aliphatic rings. The van der Waals surface area contributed by atoms with Crippen LogP contribution in [0.3, 0.4) is 0 Å². The summed E-state index contributed by atoms with van der Waals surface area (Å²) in [5, 5.41) is 13.3. The van der Waals surface area contributed by atoms with Crippen LogP contribution in [0.15, 0.2) is 18.2 Å². The van der Waals surface area contributed by atoms with Crippen molar-refractivity contribution < 1.29 is 5.11 Å². The minimum Gasteiger partial charge on any atom is -0.508 e. The molecular weight excluding hydrogens is 260 g/mol. The Hall–Kier alpha value is -1.06. The first-order chi connectivity index (χ1) is 9.99. The molecule has 0 bridgehead atoms. The lowest BCUT2D eigenvalue weighted by molar-refractivity contribution is 0.173. The molecule has 1 aromatic rings. The Morgan fingerprint density at radius 2 is 1.95 bits per heavy atom. The van der Waals surface area contributed by atoms with Gasteiger partial charge in [-0.2, -0.15) is 0 Å². The predicted octanol–water partition coefficient (Wildman–Crippen LogP) is 3.48. The number of phenols is 1. The summed E-state index contributed by atoms with van der Waals surface area (Å²) in [4.78, 5) is 2.52. The third kappa shape index (κ3) is 4.21. The molecule has 0 aliphatic heterocycles. The Bertz CT molecular complexity index is 449. The summed E-state index contributed by atoms with van der Waals surface area (Å²) in [6.07, 6.45) is 3.49. The first-order valence-electron chi connectivity index (χ1n) is 8.30. The Balaban J connectivity index is 1.93. The highest BCUT2D eigenvalue weighted by atomic mass is 16.3. The van der Waals surface area contributed by atoms with Crippen LogP contribution in [-0.2, 0) is 6.42 Å². The number of rotatable bonds is 6. The second-order valence-corrected chi connectivity index (χ2v) is 6.71. The van der Waals surface area contributed by atoms with Gasteiger partial charge in [0.05, 0.1) is 0 Å². The van der Waals surface area contributed by atoms with Gasteiger partial charge in [0.1, 0.15) is 5.75 Å². The van der Waals surface area contributed by atoms with E-state index in [0.29, 0.717) is 23.9 Å². The standard InChI is InChI=1S/C18H30N2O/c1-13(2)20(14(3)4)11-10-19-18-7-5-6-15-12-16(21)8-9-17(15)18/h8-9,12-14,18-19,21H,5-7,10-11H2,1-4H3. The average molecular weight is 290 g/mol. The Morgan fingerprint density at radius 1 is 1.24 bits per heavy atom. The first-order valence-corrected chi connectivity index (χ1v) is 8.30.